The summed E-state index contributed by atoms with van der Waals surface area (Å²) in [7, 11) is 0. The van der Waals surface area contributed by atoms with Crippen molar-refractivity contribution in [3.63, 3.8) is 0 Å². The molecule has 1 heterocycles. The number of nitro groups is 1. The number of benzene rings is 1. The second kappa shape index (κ2) is 6.48. The van der Waals surface area contributed by atoms with Gasteiger partial charge < -0.3 is 15.3 Å². The number of hydrogen-bond donors (Lipinski definition) is 3. The third-order valence-corrected chi connectivity index (χ3v) is 2.83. The van der Waals surface area contributed by atoms with E-state index in [4.69, 9.17) is 5.84 Å². The Kier molecular flexibility index (Phi) is 4.46. The van der Waals surface area contributed by atoms with Crippen LogP contribution < -0.4 is 16.6 Å². The molecule has 9 heteroatoms. The van der Waals surface area contributed by atoms with Crippen LogP contribution in [0.25, 0.3) is 0 Å². The smallest absolute Gasteiger partial charge is 0.294 e. The minimum absolute atomic E-state index is 0.148. The number of nitrogens with one attached hydrogen (secondary N) is 2. The predicted octanol–water partition coefficient (Wildman–Crippen LogP) is 0.507. The number of carbonyl (C=O) groups excluding carboxylic acids is 1. The van der Waals surface area contributed by atoms with Gasteiger partial charge in [0.1, 0.15) is 5.69 Å². The van der Waals surface area contributed by atoms with E-state index >= 15 is 0 Å². The van der Waals surface area contributed by atoms with Crippen molar-refractivity contribution in [1.29, 1.82) is 0 Å². The molecule has 0 saturated carbocycles. The van der Waals surface area contributed by atoms with Gasteiger partial charge in [-0.05, 0) is 12.1 Å². The topological polar surface area (TPSA) is 128 Å². The highest BCUT2D eigenvalue weighted by atomic mass is 16.6. The fourth-order valence-electron chi connectivity index (χ4n) is 1.77. The SMILES string of the molecule is NNc1ccc(C(=O)NCCn2ccnc2)cc1[N+](=O)[O-]. The summed E-state index contributed by atoms with van der Waals surface area (Å²) < 4.78 is 1.81. The van der Waals surface area contributed by atoms with Crippen LogP contribution in [0.5, 0.6) is 0 Å². The molecule has 1 aromatic carbocycles. The first-order valence-corrected chi connectivity index (χ1v) is 6.11. The van der Waals surface area contributed by atoms with E-state index in [9.17, 15) is 14.9 Å². The summed E-state index contributed by atoms with van der Waals surface area (Å²) in [5.41, 5.74) is 2.32. The fourth-order valence-corrected chi connectivity index (χ4v) is 1.77. The summed E-state index contributed by atoms with van der Waals surface area (Å²) in [6.45, 7) is 0.955. The average molecular weight is 290 g/mol. The van der Waals surface area contributed by atoms with Gasteiger partial charge in [-0.2, -0.15) is 0 Å². The van der Waals surface area contributed by atoms with Crippen LogP contribution in [-0.2, 0) is 6.54 Å². The summed E-state index contributed by atoms with van der Waals surface area (Å²) in [6, 6.07) is 4.04. The summed E-state index contributed by atoms with van der Waals surface area (Å²) in [4.78, 5) is 26.1. The summed E-state index contributed by atoms with van der Waals surface area (Å²) in [5.74, 6) is 4.80. The van der Waals surface area contributed by atoms with Gasteiger partial charge in [-0.3, -0.25) is 20.8 Å². The molecule has 9 nitrogen and oxygen atoms in total. The molecule has 0 fully saturated rings. The molecule has 0 saturated heterocycles. The first kappa shape index (κ1) is 14.5. The third kappa shape index (κ3) is 3.54. The molecule has 1 aromatic heterocycles. The van der Waals surface area contributed by atoms with Crippen molar-refractivity contribution in [2.75, 3.05) is 12.0 Å². The normalized spacial score (nSPS) is 10.1. The van der Waals surface area contributed by atoms with Gasteiger partial charge in [0.15, 0.2) is 0 Å². The fraction of sp³-hybridized carbons (Fsp3) is 0.167. The van der Waals surface area contributed by atoms with Crippen LogP contribution in [0, 0.1) is 10.1 Å². The zero-order chi connectivity index (χ0) is 15.2. The Balaban J connectivity index is 2.01. The van der Waals surface area contributed by atoms with Crippen molar-refractivity contribution >= 4 is 17.3 Å². The van der Waals surface area contributed by atoms with Gasteiger partial charge in [-0.15, -0.1) is 0 Å². The maximum atomic E-state index is 11.9. The molecule has 0 atom stereocenters. The highest BCUT2D eigenvalue weighted by molar-refractivity contribution is 5.95. The Morgan fingerprint density at radius 3 is 2.90 bits per heavy atom. The molecule has 2 aromatic rings. The maximum Gasteiger partial charge on any atom is 0.294 e. The second-order valence-corrected chi connectivity index (χ2v) is 4.19. The van der Waals surface area contributed by atoms with Crippen LogP contribution >= 0.6 is 0 Å². The number of hydrogen-bond acceptors (Lipinski definition) is 6. The number of imidazole rings is 1. The van der Waals surface area contributed by atoms with E-state index in [1.165, 1.54) is 18.2 Å². The Hall–Kier alpha value is -2.94. The van der Waals surface area contributed by atoms with Crippen molar-refractivity contribution in [2.24, 2.45) is 5.84 Å². The van der Waals surface area contributed by atoms with Gasteiger partial charge in [-0.1, -0.05) is 0 Å². The minimum Gasteiger partial charge on any atom is -0.350 e. The highest BCUT2D eigenvalue weighted by Gasteiger charge is 2.16. The maximum absolute atomic E-state index is 11.9. The molecule has 0 bridgehead atoms. The number of nitrogens with two attached hydrogens (primary N) is 1. The lowest BCUT2D eigenvalue weighted by atomic mass is 10.1. The lowest BCUT2D eigenvalue weighted by molar-refractivity contribution is -0.384. The Bertz CT molecular complexity index is 640. The molecule has 0 unspecified atom stereocenters. The number of aromatic nitrogens is 2. The lowest BCUT2D eigenvalue weighted by Crippen LogP contribution is -2.27. The molecule has 0 aliphatic heterocycles. The summed E-state index contributed by atoms with van der Waals surface area (Å²) >= 11 is 0. The molecule has 4 N–H and O–H groups in total. The van der Waals surface area contributed by atoms with Gasteiger partial charge in [0.2, 0.25) is 0 Å². The van der Waals surface area contributed by atoms with Crippen molar-refractivity contribution < 1.29 is 9.72 Å². The van der Waals surface area contributed by atoms with Crippen molar-refractivity contribution in [2.45, 2.75) is 6.54 Å². The molecule has 21 heavy (non-hydrogen) atoms. The standard InChI is InChI=1S/C12H14N6O3/c13-16-10-2-1-9(7-11(10)18(20)21)12(19)15-4-6-17-5-3-14-8-17/h1-3,5,7-8,16H,4,6,13H2,(H,15,19). The van der Waals surface area contributed by atoms with Gasteiger partial charge in [0.05, 0.1) is 11.3 Å². The number of hydrazine groups is 1. The first-order valence-electron chi connectivity index (χ1n) is 6.11. The number of carbonyl (C=O) groups is 1. The van der Waals surface area contributed by atoms with Gasteiger partial charge >= 0.3 is 0 Å². The Labute approximate surface area is 119 Å². The minimum atomic E-state index is -0.600. The van der Waals surface area contributed by atoms with E-state index in [1.807, 2.05) is 4.57 Å². The molecule has 2 rings (SSSR count). The second-order valence-electron chi connectivity index (χ2n) is 4.19. The van der Waals surface area contributed by atoms with Crippen LogP contribution in [0.1, 0.15) is 10.4 Å². The molecule has 110 valence electrons. The van der Waals surface area contributed by atoms with Crippen molar-refractivity contribution in [1.82, 2.24) is 14.9 Å². The average Bonchev–Trinajstić information content (AvgIpc) is 2.99. The highest BCUT2D eigenvalue weighted by Crippen LogP contribution is 2.24. The Morgan fingerprint density at radius 2 is 2.29 bits per heavy atom. The number of nitro benzene ring substituents is 1. The predicted molar refractivity (Wildman–Crippen MR) is 75.5 cm³/mol. The quantitative estimate of drug-likeness (QED) is 0.404. The van der Waals surface area contributed by atoms with E-state index in [0.717, 1.165) is 0 Å². The van der Waals surface area contributed by atoms with E-state index < -0.39 is 4.92 Å². The molecule has 0 aliphatic carbocycles. The molecule has 0 radical (unpaired) electrons. The van der Waals surface area contributed by atoms with Crippen LogP contribution in [0.15, 0.2) is 36.9 Å². The zero-order valence-electron chi connectivity index (χ0n) is 11.0. The van der Waals surface area contributed by atoms with Gasteiger partial charge in [0, 0.05) is 37.1 Å². The Morgan fingerprint density at radius 1 is 1.48 bits per heavy atom. The van der Waals surface area contributed by atoms with E-state index in [1.54, 1.807) is 18.7 Å². The zero-order valence-corrected chi connectivity index (χ0v) is 11.0. The molecular formula is C12H14N6O3. The first-order chi connectivity index (χ1) is 10.1. The van der Waals surface area contributed by atoms with Crippen molar-refractivity contribution in [3.8, 4) is 0 Å². The van der Waals surface area contributed by atoms with E-state index in [0.29, 0.717) is 13.1 Å². The van der Waals surface area contributed by atoms with Crippen LogP contribution in [0.3, 0.4) is 0 Å². The summed E-state index contributed by atoms with van der Waals surface area (Å²) in [5, 5.41) is 13.6. The van der Waals surface area contributed by atoms with Crippen LogP contribution in [0.4, 0.5) is 11.4 Å². The molecule has 0 spiro atoms. The number of nitrogen functional groups attached to an aromatic ring is 1. The van der Waals surface area contributed by atoms with Gasteiger partial charge in [0.25, 0.3) is 11.6 Å². The number of amides is 1. The van der Waals surface area contributed by atoms with Crippen LogP contribution in [-0.4, -0.2) is 26.9 Å². The van der Waals surface area contributed by atoms with Crippen LogP contribution in [0.2, 0.25) is 0 Å². The number of nitrogens with zero attached hydrogens (tertiary/aromatic N) is 3. The van der Waals surface area contributed by atoms with Crippen molar-refractivity contribution in [3.05, 3.63) is 52.6 Å². The van der Waals surface area contributed by atoms with E-state index in [2.05, 4.69) is 15.7 Å². The summed E-state index contributed by atoms with van der Waals surface area (Å²) in [6.07, 6.45) is 5.06. The molecule has 0 aliphatic rings. The monoisotopic (exact) mass is 290 g/mol. The number of rotatable bonds is 6. The molecule has 1 amide bonds. The molecular weight excluding hydrogens is 276 g/mol. The third-order valence-electron chi connectivity index (χ3n) is 2.83. The number of anilines is 1. The largest absolute Gasteiger partial charge is 0.350 e. The lowest BCUT2D eigenvalue weighted by Gasteiger charge is -2.07. The van der Waals surface area contributed by atoms with Gasteiger partial charge in [-0.25, -0.2) is 4.98 Å². The van der Waals surface area contributed by atoms with E-state index in [-0.39, 0.29) is 22.8 Å².